The fourth-order valence-electron chi connectivity index (χ4n) is 5.99. The molecule has 1 aliphatic rings. The second kappa shape index (κ2) is 17.9. The molecule has 40 heavy (non-hydrogen) atoms. The molecule has 0 spiro atoms. The fourth-order valence-corrected chi connectivity index (χ4v) is 5.99. The molecule has 2 aromatic rings. The molecule has 218 valence electrons. The number of unbranched alkanes of at least 4 members (excludes halogenated alkanes) is 11. The van der Waals surface area contributed by atoms with Crippen LogP contribution in [0.5, 0.6) is 5.75 Å². The van der Waals surface area contributed by atoms with Gasteiger partial charge in [0.05, 0.1) is 23.1 Å². The Morgan fingerprint density at radius 2 is 1.45 bits per heavy atom. The number of aryl methyl sites for hydroxylation is 1. The first-order chi connectivity index (χ1) is 19.6. The molecule has 0 aliphatic heterocycles. The number of aromatic nitrogens is 1. The lowest BCUT2D eigenvalue weighted by atomic mass is 9.69. The highest BCUT2D eigenvalue weighted by molar-refractivity contribution is 5.75. The van der Waals surface area contributed by atoms with Crippen LogP contribution in [-0.4, -0.2) is 11.0 Å². The summed E-state index contributed by atoms with van der Waals surface area (Å²) >= 11 is 0. The maximum absolute atomic E-state index is 12.9. The number of carbonyl (C=O) groups is 1. The second-order valence-corrected chi connectivity index (χ2v) is 12.1. The molecule has 0 bridgehead atoms. The zero-order valence-corrected chi connectivity index (χ0v) is 25.3. The van der Waals surface area contributed by atoms with Gasteiger partial charge < -0.3 is 4.74 Å². The average molecular weight is 545 g/mol. The van der Waals surface area contributed by atoms with Gasteiger partial charge in [0.25, 0.3) is 0 Å². The van der Waals surface area contributed by atoms with Gasteiger partial charge in [-0.15, -0.1) is 0 Å². The van der Waals surface area contributed by atoms with Crippen molar-refractivity contribution in [1.82, 2.24) is 4.98 Å². The van der Waals surface area contributed by atoms with Crippen LogP contribution in [0.25, 0.3) is 11.3 Å². The Labute approximate surface area is 243 Å². The van der Waals surface area contributed by atoms with Crippen LogP contribution in [0.3, 0.4) is 0 Å². The zero-order chi connectivity index (χ0) is 28.5. The largest absolute Gasteiger partial charge is 0.426 e. The van der Waals surface area contributed by atoms with Gasteiger partial charge in [0, 0.05) is 11.8 Å². The van der Waals surface area contributed by atoms with Crippen LogP contribution in [0.1, 0.15) is 135 Å². The van der Waals surface area contributed by atoms with Gasteiger partial charge in [-0.2, -0.15) is 5.26 Å². The minimum atomic E-state index is -0.249. The summed E-state index contributed by atoms with van der Waals surface area (Å²) in [6.07, 6.45) is 23.9. The zero-order valence-electron chi connectivity index (χ0n) is 25.3. The smallest absolute Gasteiger partial charge is 0.314 e. The molecular weight excluding hydrogens is 492 g/mol. The summed E-state index contributed by atoms with van der Waals surface area (Å²) in [5, 5.41) is 9.86. The van der Waals surface area contributed by atoms with E-state index in [2.05, 4.69) is 37.0 Å². The van der Waals surface area contributed by atoms with E-state index in [-0.39, 0.29) is 17.3 Å². The third kappa shape index (κ3) is 10.7. The summed E-state index contributed by atoms with van der Waals surface area (Å²) in [5.41, 5.74) is 3.01. The number of pyridine rings is 1. The number of hydrogen-bond acceptors (Lipinski definition) is 4. The molecule has 1 saturated carbocycles. The van der Waals surface area contributed by atoms with Gasteiger partial charge in [0.2, 0.25) is 0 Å². The number of rotatable bonds is 18. The van der Waals surface area contributed by atoms with E-state index in [1.807, 2.05) is 30.5 Å². The molecule has 0 atom stereocenters. The van der Waals surface area contributed by atoms with Crippen LogP contribution in [0.2, 0.25) is 0 Å². The van der Waals surface area contributed by atoms with Crippen molar-refractivity contribution in [3.63, 3.8) is 0 Å². The third-order valence-electron chi connectivity index (χ3n) is 8.78. The molecule has 0 amide bonds. The van der Waals surface area contributed by atoms with E-state index in [0.717, 1.165) is 56.2 Å². The summed E-state index contributed by atoms with van der Waals surface area (Å²) in [5.74, 6) is 0.301. The highest BCUT2D eigenvalue weighted by atomic mass is 16.5. The molecule has 1 aromatic carbocycles. The molecule has 1 aromatic heterocycles. The molecule has 4 nitrogen and oxygen atoms in total. The average Bonchev–Trinajstić information content (AvgIpc) is 2.99. The lowest BCUT2D eigenvalue weighted by Gasteiger charge is -2.34. The number of nitrogens with zero attached hydrogens (tertiary/aromatic N) is 2. The molecule has 0 N–H and O–H groups in total. The van der Waals surface area contributed by atoms with E-state index in [1.54, 1.807) is 0 Å². The van der Waals surface area contributed by atoms with Crippen LogP contribution in [0, 0.1) is 22.7 Å². The Hall–Kier alpha value is -2.67. The minimum Gasteiger partial charge on any atom is -0.426 e. The summed E-state index contributed by atoms with van der Waals surface area (Å²) in [7, 11) is 0. The molecular formula is C36H52N2O2. The van der Waals surface area contributed by atoms with Crippen molar-refractivity contribution in [2.75, 3.05) is 0 Å². The number of hydrogen-bond donors (Lipinski definition) is 0. The first-order valence-electron chi connectivity index (χ1n) is 16.3. The summed E-state index contributed by atoms with van der Waals surface area (Å²) in [6, 6.07) is 14.6. The molecule has 1 aliphatic carbocycles. The SMILES string of the molecule is CCCCCCCCCCc1ccc(-c2ccc(OC(=O)[C@H]3CC[C@@](C#N)(CCCCCCC)CC3)cc2)nc1. The minimum absolute atomic E-state index is 0.114. The van der Waals surface area contributed by atoms with Crippen LogP contribution >= 0.6 is 0 Å². The lowest BCUT2D eigenvalue weighted by molar-refractivity contribution is -0.140. The molecule has 1 heterocycles. The molecule has 1 fully saturated rings. The van der Waals surface area contributed by atoms with Gasteiger partial charge in [-0.1, -0.05) is 97.0 Å². The van der Waals surface area contributed by atoms with Gasteiger partial charge in [0.15, 0.2) is 0 Å². The van der Waals surface area contributed by atoms with E-state index in [4.69, 9.17) is 4.74 Å². The first-order valence-corrected chi connectivity index (χ1v) is 16.3. The van der Waals surface area contributed by atoms with Crippen molar-refractivity contribution in [2.24, 2.45) is 11.3 Å². The highest BCUT2D eigenvalue weighted by Crippen LogP contribution is 2.43. The second-order valence-electron chi connectivity index (χ2n) is 12.1. The maximum atomic E-state index is 12.9. The molecule has 4 heteroatoms. The highest BCUT2D eigenvalue weighted by Gasteiger charge is 2.38. The number of ether oxygens (including phenoxy) is 1. The fraction of sp³-hybridized carbons (Fsp3) is 0.639. The molecule has 0 saturated heterocycles. The van der Waals surface area contributed by atoms with Crippen LogP contribution < -0.4 is 4.74 Å². The normalized spacial score (nSPS) is 18.8. The van der Waals surface area contributed by atoms with Crippen LogP contribution in [-0.2, 0) is 11.2 Å². The van der Waals surface area contributed by atoms with Crippen molar-refractivity contribution in [3.8, 4) is 23.1 Å². The molecule has 0 radical (unpaired) electrons. The summed E-state index contributed by atoms with van der Waals surface area (Å²) in [4.78, 5) is 17.5. The topological polar surface area (TPSA) is 63.0 Å². The van der Waals surface area contributed by atoms with Gasteiger partial charge in [-0.25, -0.2) is 0 Å². The Balaban J connectivity index is 1.39. The lowest BCUT2D eigenvalue weighted by Crippen LogP contribution is -2.31. The standard InChI is InChI=1S/C36H52N2O2/c1-3-5-7-9-10-11-12-14-16-30-17-22-34(38-28-30)31-18-20-33(21-19-31)40-35(39)32-23-26-36(29-37,27-24-32)25-15-13-8-6-4-2/h17-22,28,32H,3-16,23-27H2,1-2H3/t32-,36-. The predicted molar refractivity (Wildman–Crippen MR) is 165 cm³/mol. The van der Waals surface area contributed by atoms with E-state index >= 15 is 0 Å². The summed E-state index contributed by atoms with van der Waals surface area (Å²) < 4.78 is 5.74. The third-order valence-corrected chi connectivity index (χ3v) is 8.78. The number of nitriles is 1. The monoisotopic (exact) mass is 544 g/mol. The van der Waals surface area contributed by atoms with Crippen LogP contribution in [0.4, 0.5) is 0 Å². The van der Waals surface area contributed by atoms with E-state index < -0.39 is 0 Å². The van der Waals surface area contributed by atoms with Crippen molar-refractivity contribution in [3.05, 3.63) is 48.2 Å². The van der Waals surface area contributed by atoms with Gasteiger partial charge >= 0.3 is 5.97 Å². The van der Waals surface area contributed by atoms with E-state index in [9.17, 15) is 10.1 Å². The number of benzene rings is 1. The van der Waals surface area contributed by atoms with Crippen molar-refractivity contribution in [1.29, 1.82) is 5.26 Å². The van der Waals surface area contributed by atoms with Gasteiger partial charge in [0.1, 0.15) is 5.75 Å². The predicted octanol–water partition coefficient (Wildman–Crippen LogP) is 10.4. The maximum Gasteiger partial charge on any atom is 0.314 e. The van der Waals surface area contributed by atoms with Gasteiger partial charge in [-0.3, -0.25) is 9.78 Å². The Kier molecular flexibility index (Phi) is 14.3. The quantitative estimate of drug-likeness (QED) is 0.106. The first kappa shape index (κ1) is 31.9. The Morgan fingerprint density at radius 1 is 0.850 bits per heavy atom. The van der Waals surface area contributed by atoms with E-state index in [1.165, 1.54) is 82.6 Å². The van der Waals surface area contributed by atoms with Gasteiger partial charge in [-0.05, 0) is 80.8 Å². The van der Waals surface area contributed by atoms with Crippen molar-refractivity contribution in [2.45, 2.75) is 136 Å². The van der Waals surface area contributed by atoms with Crippen molar-refractivity contribution < 1.29 is 9.53 Å². The Morgan fingerprint density at radius 3 is 2.02 bits per heavy atom. The number of carbonyl (C=O) groups excluding carboxylic acids is 1. The Bertz CT molecular complexity index is 1010. The molecule has 3 rings (SSSR count). The van der Waals surface area contributed by atoms with Crippen molar-refractivity contribution >= 4 is 5.97 Å². The van der Waals surface area contributed by atoms with Crippen LogP contribution in [0.15, 0.2) is 42.6 Å². The number of esters is 1. The summed E-state index contributed by atoms with van der Waals surface area (Å²) in [6.45, 7) is 4.49. The molecule has 0 unspecified atom stereocenters. The van der Waals surface area contributed by atoms with E-state index in [0.29, 0.717) is 5.75 Å².